The molecule has 0 aliphatic rings. The molecule has 0 unspecified atom stereocenters. The first-order valence-electron chi connectivity index (χ1n) is 7.54. The van der Waals surface area contributed by atoms with E-state index in [1.165, 1.54) is 0 Å². The van der Waals surface area contributed by atoms with Crippen molar-refractivity contribution in [3.05, 3.63) is 90.3 Å². The van der Waals surface area contributed by atoms with Crippen LogP contribution in [0.4, 0.5) is 0 Å². The van der Waals surface area contributed by atoms with Crippen LogP contribution in [0.5, 0.6) is 0 Å². The normalized spacial score (nSPS) is 10.3. The number of benzene rings is 2. The topological polar surface area (TPSA) is 33.2 Å². The Morgan fingerprint density at radius 3 is 2.30 bits per heavy atom. The van der Waals surface area contributed by atoms with Crippen molar-refractivity contribution in [1.29, 1.82) is 0 Å². The summed E-state index contributed by atoms with van der Waals surface area (Å²) in [5.41, 5.74) is 3.91. The first-order valence-corrected chi connectivity index (χ1v) is 7.54. The first kappa shape index (κ1) is 15.0. The van der Waals surface area contributed by atoms with Crippen molar-refractivity contribution in [3.8, 4) is 11.1 Å². The van der Waals surface area contributed by atoms with Crippen LogP contribution in [-0.4, -0.2) is 22.8 Å². The Hall–Kier alpha value is -2.94. The van der Waals surface area contributed by atoms with Gasteiger partial charge in [-0.15, -0.1) is 0 Å². The quantitative estimate of drug-likeness (QED) is 0.729. The molecule has 0 aliphatic heterocycles. The van der Waals surface area contributed by atoms with E-state index in [2.05, 4.69) is 4.98 Å². The predicted octanol–water partition coefficient (Wildman–Crippen LogP) is 4.02. The molecule has 0 N–H and O–H groups in total. The van der Waals surface area contributed by atoms with E-state index >= 15 is 0 Å². The van der Waals surface area contributed by atoms with Crippen molar-refractivity contribution in [2.45, 2.75) is 6.54 Å². The van der Waals surface area contributed by atoms with Crippen molar-refractivity contribution in [2.24, 2.45) is 0 Å². The molecule has 1 heterocycles. The maximum atomic E-state index is 12.5. The van der Waals surface area contributed by atoms with E-state index in [1.54, 1.807) is 11.1 Å². The minimum Gasteiger partial charge on any atom is -0.337 e. The van der Waals surface area contributed by atoms with Gasteiger partial charge in [-0.2, -0.15) is 0 Å². The van der Waals surface area contributed by atoms with Gasteiger partial charge in [-0.25, -0.2) is 0 Å². The number of pyridine rings is 1. The Kier molecular flexibility index (Phi) is 4.48. The van der Waals surface area contributed by atoms with E-state index in [4.69, 9.17) is 0 Å². The van der Waals surface area contributed by atoms with Crippen molar-refractivity contribution in [3.63, 3.8) is 0 Å². The van der Waals surface area contributed by atoms with E-state index < -0.39 is 0 Å². The van der Waals surface area contributed by atoms with Gasteiger partial charge in [-0.3, -0.25) is 9.78 Å². The molecule has 0 aliphatic carbocycles. The van der Waals surface area contributed by atoms with Crippen molar-refractivity contribution >= 4 is 5.91 Å². The molecule has 3 heteroatoms. The maximum Gasteiger partial charge on any atom is 0.253 e. The molecular formula is C20H18N2O. The van der Waals surface area contributed by atoms with E-state index in [-0.39, 0.29) is 5.91 Å². The highest BCUT2D eigenvalue weighted by Gasteiger charge is 2.12. The van der Waals surface area contributed by atoms with Crippen LogP contribution >= 0.6 is 0 Å². The lowest BCUT2D eigenvalue weighted by atomic mass is 10.1. The third-order valence-corrected chi connectivity index (χ3v) is 3.74. The average Bonchev–Trinajstić information content (AvgIpc) is 2.63. The Morgan fingerprint density at radius 1 is 0.913 bits per heavy atom. The second kappa shape index (κ2) is 6.88. The first-order chi connectivity index (χ1) is 11.2. The molecule has 0 spiro atoms. The fraction of sp³-hybridized carbons (Fsp3) is 0.100. The average molecular weight is 302 g/mol. The smallest absolute Gasteiger partial charge is 0.253 e. The summed E-state index contributed by atoms with van der Waals surface area (Å²) < 4.78 is 0. The molecule has 0 saturated heterocycles. The van der Waals surface area contributed by atoms with Gasteiger partial charge in [0.1, 0.15) is 0 Å². The monoisotopic (exact) mass is 302 g/mol. The van der Waals surface area contributed by atoms with Gasteiger partial charge in [-0.1, -0.05) is 48.5 Å². The van der Waals surface area contributed by atoms with Gasteiger partial charge in [-0.05, 0) is 34.9 Å². The van der Waals surface area contributed by atoms with E-state index in [1.807, 2.05) is 80.0 Å². The number of rotatable bonds is 4. The Morgan fingerprint density at radius 2 is 1.65 bits per heavy atom. The lowest BCUT2D eigenvalue weighted by Gasteiger charge is -2.17. The minimum absolute atomic E-state index is 0.0200. The minimum atomic E-state index is 0.0200. The van der Waals surface area contributed by atoms with Crippen LogP contribution in [0, 0.1) is 0 Å². The zero-order valence-electron chi connectivity index (χ0n) is 13.0. The van der Waals surface area contributed by atoms with Gasteiger partial charge in [0, 0.05) is 31.5 Å². The van der Waals surface area contributed by atoms with Crippen LogP contribution < -0.4 is 0 Å². The molecule has 0 atom stereocenters. The number of carbonyl (C=O) groups is 1. The van der Waals surface area contributed by atoms with Crippen LogP contribution in [0.2, 0.25) is 0 Å². The molecule has 23 heavy (non-hydrogen) atoms. The summed E-state index contributed by atoms with van der Waals surface area (Å²) in [6, 6.07) is 21.5. The number of hydrogen-bond donors (Lipinski definition) is 0. The molecule has 114 valence electrons. The summed E-state index contributed by atoms with van der Waals surface area (Å²) in [4.78, 5) is 18.4. The van der Waals surface area contributed by atoms with Crippen LogP contribution in [0.1, 0.15) is 15.9 Å². The second-order valence-electron chi connectivity index (χ2n) is 5.47. The molecule has 3 rings (SSSR count). The van der Waals surface area contributed by atoms with Gasteiger partial charge in [0.25, 0.3) is 5.91 Å². The number of aromatic nitrogens is 1. The Labute approximate surface area is 136 Å². The largest absolute Gasteiger partial charge is 0.337 e. The molecule has 0 radical (unpaired) electrons. The van der Waals surface area contributed by atoms with Crippen LogP contribution in [0.15, 0.2) is 79.1 Å². The summed E-state index contributed by atoms with van der Waals surface area (Å²) in [6.07, 6.45) is 3.57. The Bertz CT molecular complexity index is 768. The van der Waals surface area contributed by atoms with Gasteiger partial charge < -0.3 is 4.90 Å². The summed E-state index contributed by atoms with van der Waals surface area (Å²) >= 11 is 0. The van der Waals surface area contributed by atoms with Crippen LogP contribution in [0.3, 0.4) is 0 Å². The molecular weight excluding hydrogens is 284 g/mol. The number of carbonyl (C=O) groups excluding carboxylic acids is 1. The molecule has 0 saturated carbocycles. The van der Waals surface area contributed by atoms with Gasteiger partial charge in [0.2, 0.25) is 0 Å². The Balaban J connectivity index is 1.72. The van der Waals surface area contributed by atoms with Crippen molar-refractivity contribution in [2.75, 3.05) is 7.05 Å². The van der Waals surface area contributed by atoms with Crippen molar-refractivity contribution < 1.29 is 4.79 Å². The number of nitrogens with zero attached hydrogens (tertiary/aromatic N) is 2. The molecule has 2 aromatic carbocycles. The van der Waals surface area contributed by atoms with Crippen LogP contribution in [-0.2, 0) is 6.54 Å². The lowest BCUT2D eigenvalue weighted by Crippen LogP contribution is -2.26. The van der Waals surface area contributed by atoms with Crippen LogP contribution in [0.25, 0.3) is 11.1 Å². The third kappa shape index (κ3) is 3.64. The highest BCUT2D eigenvalue weighted by atomic mass is 16.2. The van der Waals surface area contributed by atoms with Gasteiger partial charge >= 0.3 is 0 Å². The van der Waals surface area contributed by atoms with Gasteiger partial charge in [0.05, 0.1) is 0 Å². The highest BCUT2D eigenvalue weighted by molar-refractivity contribution is 5.94. The standard InChI is InChI=1S/C20H18N2O/c1-22(15-16-6-3-2-4-7-16)20(23)18-11-9-17(10-12-18)19-8-5-13-21-14-19/h2-14H,15H2,1H3. The summed E-state index contributed by atoms with van der Waals surface area (Å²) in [5, 5.41) is 0. The molecule has 0 bridgehead atoms. The fourth-order valence-corrected chi connectivity index (χ4v) is 2.49. The zero-order valence-corrected chi connectivity index (χ0v) is 13.0. The third-order valence-electron chi connectivity index (χ3n) is 3.74. The summed E-state index contributed by atoms with van der Waals surface area (Å²) in [6.45, 7) is 0.601. The van der Waals surface area contributed by atoms with Crippen molar-refractivity contribution in [1.82, 2.24) is 9.88 Å². The fourth-order valence-electron chi connectivity index (χ4n) is 2.49. The molecule has 0 fully saturated rings. The van der Waals surface area contributed by atoms with Gasteiger partial charge in [0.15, 0.2) is 0 Å². The predicted molar refractivity (Wildman–Crippen MR) is 91.9 cm³/mol. The molecule has 1 aromatic heterocycles. The highest BCUT2D eigenvalue weighted by Crippen LogP contribution is 2.19. The summed E-state index contributed by atoms with van der Waals surface area (Å²) in [7, 11) is 1.82. The summed E-state index contributed by atoms with van der Waals surface area (Å²) in [5.74, 6) is 0.0200. The molecule has 1 amide bonds. The van der Waals surface area contributed by atoms with E-state index in [0.717, 1.165) is 16.7 Å². The maximum absolute atomic E-state index is 12.5. The zero-order chi connectivity index (χ0) is 16.1. The van der Waals surface area contributed by atoms with E-state index in [0.29, 0.717) is 12.1 Å². The number of hydrogen-bond acceptors (Lipinski definition) is 2. The molecule has 3 nitrogen and oxygen atoms in total. The second-order valence-corrected chi connectivity index (χ2v) is 5.47. The van der Waals surface area contributed by atoms with E-state index in [9.17, 15) is 4.79 Å². The SMILES string of the molecule is CN(Cc1ccccc1)C(=O)c1ccc(-c2cccnc2)cc1. The molecule has 3 aromatic rings. The number of amides is 1. The lowest BCUT2D eigenvalue weighted by molar-refractivity contribution is 0.0785.